The molecule has 0 bridgehead atoms. The molecular formula is C42H42N2. The van der Waals surface area contributed by atoms with Gasteiger partial charge in [-0.15, -0.1) is 0 Å². The number of anilines is 6. The molecule has 2 heteroatoms. The van der Waals surface area contributed by atoms with Crippen LogP contribution in [0.4, 0.5) is 34.1 Å². The van der Waals surface area contributed by atoms with E-state index in [0.717, 1.165) is 11.4 Å². The second-order valence-electron chi connectivity index (χ2n) is 12.7. The average Bonchev–Trinajstić information content (AvgIpc) is 2.95. The number of nitrogens with zero attached hydrogens (tertiary/aromatic N) is 2. The minimum Gasteiger partial charge on any atom is -0.310 e. The van der Waals surface area contributed by atoms with Crippen LogP contribution in [0.2, 0.25) is 0 Å². The van der Waals surface area contributed by atoms with Crippen LogP contribution in [0.15, 0.2) is 109 Å². The first-order valence-electron chi connectivity index (χ1n) is 15.5. The van der Waals surface area contributed by atoms with Gasteiger partial charge in [-0.25, -0.2) is 0 Å². The van der Waals surface area contributed by atoms with E-state index in [1.807, 2.05) is 0 Å². The van der Waals surface area contributed by atoms with Gasteiger partial charge in [0, 0.05) is 34.1 Å². The lowest BCUT2D eigenvalue weighted by molar-refractivity contribution is 1.24. The number of hydrogen-bond donors (Lipinski definition) is 0. The average molecular weight is 575 g/mol. The molecule has 0 heterocycles. The fourth-order valence-corrected chi connectivity index (χ4v) is 6.49. The molecule has 0 aliphatic heterocycles. The van der Waals surface area contributed by atoms with Gasteiger partial charge in [-0.05, 0) is 172 Å². The number of fused-ring (bicyclic) bond motifs is 1. The van der Waals surface area contributed by atoms with Gasteiger partial charge in [-0.2, -0.15) is 0 Å². The summed E-state index contributed by atoms with van der Waals surface area (Å²) in [6.07, 6.45) is 0. The standard InChI is InChI=1S/C42H42N2/c1-27-9-13-35(14-10-27)43(37-19-29(3)17-30(4)20-37)39-23-33(7)42-26-40(24-34(8)41(42)25-39)44(36-15-11-28(2)12-16-36)38-21-31(5)18-32(6)22-38/h9-26H,1-8H3. The largest absolute Gasteiger partial charge is 0.310 e. The molecular weight excluding hydrogens is 532 g/mol. The van der Waals surface area contributed by atoms with Gasteiger partial charge in [-0.3, -0.25) is 0 Å². The normalized spacial score (nSPS) is 11.2. The molecule has 0 atom stereocenters. The van der Waals surface area contributed by atoms with Crippen LogP contribution in [0.3, 0.4) is 0 Å². The second kappa shape index (κ2) is 11.7. The van der Waals surface area contributed by atoms with Gasteiger partial charge >= 0.3 is 0 Å². The molecule has 0 saturated carbocycles. The van der Waals surface area contributed by atoms with Gasteiger partial charge in [0.2, 0.25) is 0 Å². The highest BCUT2D eigenvalue weighted by Crippen LogP contribution is 2.42. The van der Waals surface area contributed by atoms with Crippen LogP contribution in [0.5, 0.6) is 0 Å². The maximum absolute atomic E-state index is 2.40. The van der Waals surface area contributed by atoms with Crippen LogP contribution in [0.1, 0.15) is 44.5 Å². The van der Waals surface area contributed by atoms with Crippen LogP contribution in [-0.2, 0) is 0 Å². The first kappa shape index (κ1) is 29.3. The van der Waals surface area contributed by atoms with Crippen molar-refractivity contribution in [1.29, 1.82) is 0 Å². The Hall–Kier alpha value is -4.82. The van der Waals surface area contributed by atoms with Gasteiger partial charge in [0.05, 0.1) is 0 Å². The summed E-state index contributed by atoms with van der Waals surface area (Å²) in [5.41, 5.74) is 17.1. The van der Waals surface area contributed by atoms with Crippen molar-refractivity contribution in [1.82, 2.24) is 0 Å². The fraction of sp³-hybridized carbons (Fsp3) is 0.190. The molecule has 0 radical (unpaired) electrons. The Morgan fingerprint density at radius 2 is 0.568 bits per heavy atom. The van der Waals surface area contributed by atoms with Crippen LogP contribution >= 0.6 is 0 Å². The number of aryl methyl sites for hydroxylation is 8. The molecule has 0 amide bonds. The molecule has 0 fully saturated rings. The van der Waals surface area contributed by atoms with Crippen molar-refractivity contribution in [2.24, 2.45) is 0 Å². The predicted octanol–water partition coefficient (Wildman–Crippen LogP) is 12.2. The lowest BCUT2D eigenvalue weighted by Crippen LogP contribution is -2.12. The van der Waals surface area contributed by atoms with E-state index in [9.17, 15) is 0 Å². The molecule has 2 nitrogen and oxygen atoms in total. The lowest BCUT2D eigenvalue weighted by Gasteiger charge is -2.29. The van der Waals surface area contributed by atoms with Crippen molar-refractivity contribution in [3.63, 3.8) is 0 Å². The van der Waals surface area contributed by atoms with Crippen molar-refractivity contribution in [3.05, 3.63) is 154 Å². The Labute approximate surface area is 263 Å². The van der Waals surface area contributed by atoms with E-state index in [-0.39, 0.29) is 0 Å². The van der Waals surface area contributed by atoms with E-state index < -0.39 is 0 Å². The summed E-state index contributed by atoms with van der Waals surface area (Å²) < 4.78 is 0. The monoisotopic (exact) mass is 574 g/mol. The van der Waals surface area contributed by atoms with Crippen LogP contribution in [-0.4, -0.2) is 0 Å². The number of hydrogen-bond acceptors (Lipinski definition) is 2. The van der Waals surface area contributed by atoms with E-state index in [1.54, 1.807) is 0 Å². The van der Waals surface area contributed by atoms with Crippen molar-refractivity contribution in [2.75, 3.05) is 9.80 Å². The third-order valence-electron chi connectivity index (χ3n) is 8.48. The van der Waals surface area contributed by atoms with E-state index in [2.05, 4.69) is 174 Å². The summed E-state index contributed by atoms with van der Waals surface area (Å²) in [4.78, 5) is 4.79. The quantitative estimate of drug-likeness (QED) is 0.195. The zero-order valence-corrected chi connectivity index (χ0v) is 27.3. The number of rotatable bonds is 6. The molecule has 220 valence electrons. The summed E-state index contributed by atoms with van der Waals surface area (Å²) in [7, 11) is 0. The maximum atomic E-state index is 2.40. The molecule has 0 N–H and O–H groups in total. The topological polar surface area (TPSA) is 6.48 Å². The van der Waals surface area contributed by atoms with Crippen molar-refractivity contribution < 1.29 is 0 Å². The van der Waals surface area contributed by atoms with Gasteiger partial charge in [0.25, 0.3) is 0 Å². The SMILES string of the molecule is Cc1ccc(N(c2cc(C)cc(C)c2)c2cc(C)c3cc(N(c4ccc(C)cc4)c4cc(C)cc(C)c4)cc(C)c3c2)cc1. The summed E-state index contributed by atoms with van der Waals surface area (Å²) >= 11 is 0. The molecule has 0 aliphatic carbocycles. The fourth-order valence-electron chi connectivity index (χ4n) is 6.49. The Kier molecular flexibility index (Phi) is 7.78. The summed E-state index contributed by atoms with van der Waals surface area (Å²) in [6.45, 7) is 17.5. The zero-order chi connectivity index (χ0) is 31.1. The molecule has 6 rings (SSSR count). The van der Waals surface area contributed by atoms with Crippen LogP contribution < -0.4 is 9.80 Å². The Morgan fingerprint density at radius 1 is 0.273 bits per heavy atom. The maximum Gasteiger partial charge on any atom is 0.0470 e. The van der Waals surface area contributed by atoms with Crippen LogP contribution in [0.25, 0.3) is 10.8 Å². The van der Waals surface area contributed by atoms with Gasteiger partial charge in [0.15, 0.2) is 0 Å². The summed E-state index contributed by atoms with van der Waals surface area (Å²) in [5.74, 6) is 0. The van der Waals surface area contributed by atoms with E-state index in [0.29, 0.717) is 0 Å². The smallest absolute Gasteiger partial charge is 0.0470 e. The first-order chi connectivity index (χ1) is 21.0. The highest BCUT2D eigenvalue weighted by atomic mass is 15.1. The minimum absolute atomic E-state index is 1.16. The van der Waals surface area contributed by atoms with Gasteiger partial charge < -0.3 is 9.80 Å². The molecule has 6 aromatic carbocycles. The Bertz CT molecular complexity index is 1790. The summed E-state index contributed by atoms with van der Waals surface area (Å²) in [6, 6.07) is 40.7. The second-order valence-corrected chi connectivity index (χ2v) is 12.7. The molecule has 0 aliphatic rings. The van der Waals surface area contributed by atoms with E-state index in [1.165, 1.54) is 78.0 Å². The van der Waals surface area contributed by atoms with Crippen molar-refractivity contribution in [2.45, 2.75) is 55.4 Å². The van der Waals surface area contributed by atoms with E-state index >= 15 is 0 Å². The molecule has 0 saturated heterocycles. The van der Waals surface area contributed by atoms with Crippen LogP contribution in [0, 0.1) is 55.4 Å². The molecule has 0 spiro atoms. The highest BCUT2D eigenvalue weighted by Gasteiger charge is 2.19. The third-order valence-corrected chi connectivity index (χ3v) is 8.48. The Morgan fingerprint density at radius 3 is 0.886 bits per heavy atom. The molecule has 6 aromatic rings. The molecule has 0 aromatic heterocycles. The summed E-state index contributed by atoms with van der Waals surface area (Å²) in [5, 5.41) is 2.55. The predicted molar refractivity (Wildman–Crippen MR) is 191 cm³/mol. The van der Waals surface area contributed by atoms with Crippen molar-refractivity contribution >= 4 is 44.9 Å². The first-order valence-corrected chi connectivity index (χ1v) is 15.5. The number of benzene rings is 6. The molecule has 0 unspecified atom stereocenters. The molecule has 44 heavy (non-hydrogen) atoms. The van der Waals surface area contributed by atoms with Gasteiger partial charge in [-0.1, -0.05) is 47.5 Å². The minimum atomic E-state index is 1.16. The van der Waals surface area contributed by atoms with Gasteiger partial charge in [0.1, 0.15) is 0 Å². The van der Waals surface area contributed by atoms with Crippen molar-refractivity contribution in [3.8, 4) is 0 Å². The zero-order valence-electron chi connectivity index (χ0n) is 27.3. The third kappa shape index (κ3) is 5.85. The van der Waals surface area contributed by atoms with E-state index in [4.69, 9.17) is 0 Å². The lowest BCUT2D eigenvalue weighted by atomic mass is 9.97. The highest BCUT2D eigenvalue weighted by molar-refractivity contribution is 5.97. The Balaban J connectivity index is 1.54.